The number of thioether (sulfide) groups is 1. The van der Waals surface area contributed by atoms with Crippen LogP contribution in [0.4, 0.5) is 11.4 Å². The molecule has 2 rings (SSSR count). The van der Waals surface area contributed by atoms with Crippen molar-refractivity contribution in [1.29, 1.82) is 5.26 Å². The van der Waals surface area contributed by atoms with E-state index in [1.807, 2.05) is 6.07 Å². The van der Waals surface area contributed by atoms with Gasteiger partial charge in [0, 0.05) is 17.4 Å². The van der Waals surface area contributed by atoms with Gasteiger partial charge in [0.2, 0.25) is 0 Å². The molecule has 0 aromatic heterocycles. The number of nitriles is 1. The van der Waals surface area contributed by atoms with Crippen LogP contribution in [0.2, 0.25) is 0 Å². The van der Waals surface area contributed by atoms with Gasteiger partial charge in [-0.3, -0.25) is 10.1 Å². The Kier molecular flexibility index (Phi) is 4.85. The number of nitro groups is 1. The Morgan fingerprint density at radius 1 is 1.45 bits per heavy atom. The summed E-state index contributed by atoms with van der Waals surface area (Å²) in [5.41, 5.74) is 0.934. The SMILES string of the molecule is CSC1CCCCC1Nc1cc(C#N)ccc1[N+](=O)[O-]. The molecule has 6 heteroatoms. The zero-order valence-corrected chi connectivity index (χ0v) is 12.2. The van der Waals surface area contributed by atoms with Crippen LogP contribution in [0.1, 0.15) is 31.2 Å². The van der Waals surface area contributed by atoms with Gasteiger partial charge in [-0.05, 0) is 31.2 Å². The molecule has 106 valence electrons. The lowest BCUT2D eigenvalue weighted by molar-refractivity contribution is -0.384. The molecule has 0 heterocycles. The summed E-state index contributed by atoms with van der Waals surface area (Å²) >= 11 is 1.80. The monoisotopic (exact) mass is 291 g/mol. The molecule has 0 amide bonds. The number of anilines is 1. The van der Waals surface area contributed by atoms with Crippen LogP contribution in [0, 0.1) is 21.4 Å². The summed E-state index contributed by atoms with van der Waals surface area (Å²) in [7, 11) is 0. The van der Waals surface area contributed by atoms with Crippen LogP contribution in [-0.4, -0.2) is 22.5 Å². The van der Waals surface area contributed by atoms with Crippen LogP contribution in [0.25, 0.3) is 0 Å². The van der Waals surface area contributed by atoms with Gasteiger partial charge in [0.25, 0.3) is 5.69 Å². The first kappa shape index (κ1) is 14.7. The molecule has 1 aromatic carbocycles. The lowest BCUT2D eigenvalue weighted by Gasteiger charge is -2.31. The van der Waals surface area contributed by atoms with Crippen LogP contribution in [0.5, 0.6) is 0 Å². The minimum atomic E-state index is -0.402. The van der Waals surface area contributed by atoms with Crippen molar-refractivity contribution in [3.63, 3.8) is 0 Å². The normalized spacial score (nSPS) is 22.0. The number of hydrogen-bond donors (Lipinski definition) is 1. The van der Waals surface area contributed by atoms with Gasteiger partial charge in [-0.15, -0.1) is 0 Å². The third-order valence-corrected chi connectivity index (χ3v) is 4.84. The van der Waals surface area contributed by atoms with Gasteiger partial charge in [-0.1, -0.05) is 12.8 Å². The third kappa shape index (κ3) is 3.23. The fourth-order valence-electron chi connectivity index (χ4n) is 2.62. The fourth-order valence-corrected chi connectivity index (χ4v) is 3.56. The maximum absolute atomic E-state index is 11.1. The lowest BCUT2D eigenvalue weighted by Crippen LogP contribution is -2.34. The second-order valence-electron chi connectivity index (χ2n) is 4.91. The Morgan fingerprint density at radius 3 is 2.85 bits per heavy atom. The van der Waals surface area contributed by atoms with Crippen molar-refractivity contribution in [3.8, 4) is 6.07 Å². The zero-order chi connectivity index (χ0) is 14.5. The number of nitrogens with zero attached hydrogens (tertiary/aromatic N) is 2. The Bertz CT molecular complexity index is 542. The maximum Gasteiger partial charge on any atom is 0.292 e. The van der Waals surface area contributed by atoms with Gasteiger partial charge in [0.1, 0.15) is 5.69 Å². The molecule has 1 fully saturated rings. The highest BCUT2D eigenvalue weighted by Crippen LogP contribution is 2.33. The molecule has 0 bridgehead atoms. The second-order valence-corrected chi connectivity index (χ2v) is 5.99. The average Bonchev–Trinajstić information content (AvgIpc) is 2.47. The van der Waals surface area contributed by atoms with Gasteiger partial charge in [-0.2, -0.15) is 17.0 Å². The quantitative estimate of drug-likeness (QED) is 0.678. The van der Waals surface area contributed by atoms with Crippen molar-refractivity contribution in [2.75, 3.05) is 11.6 Å². The van der Waals surface area contributed by atoms with Gasteiger partial charge in [0.15, 0.2) is 0 Å². The first-order valence-electron chi connectivity index (χ1n) is 6.63. The Hall–Kier alpha value is -1.74. The van der Waals surface area contributed by atoms with Gasteiger partial charge >= 0.3 is 0 Å². The number of hydrogen-bond acceptors (Lipinski definition) is 5. The molecule has 0 spiro atoms. The molecule has 1 N–H and O–H groups in total. The molecule has 1 aliphatic carbocycles. The number of rotatable bonds is 4. The van der Waals surface area contributed by atoms with E-state index < -0.39 is 4.92 Å². The van der Waals surface area contributed by atoms with E-state index >= 15 is 0 Å². The van der Waals surface area contributed by atoms with Gasteiger partial charge in [0.05, 0.1) is 16.6 Å². The molecule has 1 aliphatic rings. The topological polar surface area (TPSA) is 79.0 Å². The molecular formula is C14H17N3O2S. The Labute approximate surface area is 122 Å². The highest BCUT2D eigenvalue weighted by atomic mass is 32.2. The summed E-state index contributed by atoms with van der Waals surface area (Å²) in [5, 5.41) is 23.8. The number of benzene rings is 1. The Balaban J connectivity index is 2.26. The van der Waals surface area contributed by atoms with E-state index in [2.05, 4.69) is 11.6 Å². The molecule has 0 radical (unpaired) electrons. The van der Waals surface area contributed by atoms with E-state index in [1.54, 1.807) is 17.8 Å². The standard InChI is InChI=1S/C14H17N3O2S/c1-20-14-5-3-2-4-11(14)16-12-8-10(9-15)6-7-13(12)17(18)19/h6-8,11,14,16H,2-5H2,1H3. The molecule has 2 atom stereocenters. The van der Waals surface area contributed by atoms with E-state index in [0.29, 0.717) is 16.5 Å². The van der Waals surface area contributed by atoms with Crippen LogP contribution in [0.3, 0.4) is 0 Å². The number of nitrogens with one attached hydrogen (secondary N) is 1. The minimum Gasteiger partial charge on any atom is -0.376 e. The summed E-state index contributed by atoms with van der Waals surface area (Å²) in [6.45, 7) is 0. The smallest absolute Gasteiger partial charge is 0.292 e. The van der Waals surface area contributed by atoms with Crippen LogP contribution in [-0.2, 0) is 0 Å². The van der Waals surface area contributed by atoms with E-state index in [9.17, 15) is 10.1 Å². The number of nitro benzene ring substituents is 1. The van der Waals surface area contributed by atoms with Crippen LogP contribution < -0.4 is 5.32 Å². The van der Waals surface area contributed by atoms with Crippen LogP contribution in [0.15, 0.2) is 18.2 Å². The van der Waals surface area contributed by atoms with Gasteiger partial charge in [-0.25, -0.2) is 0 Å². The third-order valence-electron chi connectivity index (χ3n) is 3.67. The summed E-state index contributed by atoms with van der Waals surface area (Å²) in [4.78, 5) is 10.7. The first-order valence-corrected chi connectivity index (χ1v) is 7.92. The average molecular weight is 291 g/mol. The van der Waals surface area contributed by atoms with E-state index in [4.69, 9.17) is 5.26 Å². The summed E-state index contributed by atoms with van der Waals surface area (Å²) in [5.74, 6) is 0. The molecule has 1 aromatic rings. The van der Waals surface area contributed by atoms with Crippen LogP contribution >= 0.6 is 11.8 Å². The predicted molar refractivity (Wildman–Crippen MR) is 81.0 cm³/mol. The van der Waals surface area contributed by atoms with Crippen molar-refractivity contribution in [2.24, 2.45) is 0 Å². The lowest BCUT2D eigenvalue weighted by atomic mass is 9.94. The molecule has 2 unspecified atom stereocenters. The van der Waals surface area contributed by atoms with Crippen molar-refractivity contribution in [2.45, 2.75) is 37.0 Å². The van der Waals surface area contributed by atoms with Crippen molar-refractivity contribution in [3.05, 3.63) is 33.9 Å². The molecule has 1 saturated carbocycles. The molecular weight excluding hydrogens is 274 g/mol. The molecule has 0 aliphatic heterocycles. The summed E-state index contributed by atoms with van der Waals surface area (Å²) in [6.07, 6.45) is 6.57. The Morgan fingerprint density at radius 2 is 2.20 bits per heavy atom. The second kappa shape index (κ2) is 6.62. The highest BCUT2D eigenvalue weighted by Gasteiger charge is 2.26. The molecule has 20 heavy (non-hydrogen) atoms. The molecule has 0 saturated heterocycles. The fraction of sp³-hybridized carbons (Fsp3) is 0.500. The van der Waals surface area contributed by atoms with E-state index in [0.717, 1.165) is 19.3 Å². The van der Waals surface area contributed by atoms with Crippen molar-refractivity contribution < 1.29 is 4.92 Å². The minimum absolute atomic E-state index is 0.0365. The summed E-state index contributed by atoms with van der Waals surface area (Å²) in [6, 6.07) is 6.71. The highest BCUT2D eigenvalue weighted by molar-refractivity contribution is 7.99. The largest absolute Gasteiger partial charge is 0.376 e. The molecule has 5 nitrogen and oxygen atoms in total. The van der Waals surface area contributed by atoms with Crippen molar-refractivity contribution in [1.82, 2.24) is 0 Å². The first-order chi connectivity index (χ1) is 9.65. The van der Waals surface area contributed by atoms with Crippen molar-refractivity contribution >= 4 is 23.1 Å². The predicted octanol–water partition coefficient (Wildman–Crippen LogP) is 3.55. The zero-order valence-electron chi connectivity index (χ0n) is 11.3. The maximum atomic E-state index is 11.1. The van der Waals surface area contributed by atoms with Gasteiger partial charge < -0.3 is 5.32 Å². The van der Waals surface area contributed by atoms with E-state index in [1.165, 1.54) is 18.6 Å². The summed E-state index contributed by atoms with van der Waals surface area (Å²) < 4.78 is 0. The van der Waals surface area contributed by atoms with E-state index in [-0.39, 0.29) is 11.7 Å².